The van der Waals surface area contributed by atoms with Gasteiger partial charge in [-0.1, -0.05) is 6.07 Å². The third-order valence-corrected chi connectivity index (χ3v) is 4.73. The molecule has 0 unspecified atom stereocenters. The van der Waals surface area contributed by atoms with E-state index < -0.39 is 0 Å². The maximum atomic E-state index is 12.5. The number of carbonyl (C=O) groups is 1. The molecule has 3 rings (SSSR count). The van der Waals surface area contributed by atoms with Crippen LogP contribution in [0.4, 0.5) is 5.82 Å². The molecule has 1 fully saturated rings. The van der Waals surface area contributed by atoms with Crippen molar-refractivity contribution in [3.63, 3.8) is 0 Å². The number of rotatable bonds is 7. The number of benzene rings is 1. The lowest BCUT2D eigenvalue weighted by Crippen LogP contribution is -2.30. The topological polar surface area (TPSA) is 63.7 Å². The van der Waals surface area contributed by atoms with Crippen LogP contribution in [-0.2, 0) is 6.54 Å². The molecular formula is C22H29N3O3. The zero-order valence-electron chi connectivity index (χ0n) is 16.9. The molecule has 0 bridgehead atoms. The average Bonchev–Trinajstić information content (AvgIpc) is 2.73. The summed E-state index contributed by atoms with van der Waals surface area (Å²) in [6, 6.07) is 9.27. The first-order valence-corrected chi connectivity index (χ1v) is 9.89. The molecule has 0 radical (unpaired) electrons. The smallest absolute Gasteiger partial charge is 0.251 e. The van der Waals surface area contributed by atoms with Crippen LogP contribution in [0, 0.1) is 0 Å². The van der Waals surface area contributed by atoms with Gasteiger partial charge in [0.25, 0.3) is 5.91 Å². The van der Waals surface area contributed by atoms with Crippen molar-refractivity contribution >= 4 is 11.7 Å². The number of amides is 1. The molecule has 2 heterocycles. The Labute approximate surface area is 166 Å². The number of anilines is 1. The van der Waals surface area contributed by atoms with E-state index in [-0.39, 0.29) is 12.0 Å². The van der Waals surface area contributed by atoms with Crippen molar-refractivity contribution in [3.05, 3.63) is 47.7 Å². The van der Waals surface area contributed by atoms with Crippen LogP contribution in [0.1, 0.15) is 49.0 Å². The van der Waals surface area contributed by atoms with Gasteiger partial charge >= 0.3 is 0 Å². The van der Waals surface area contributed by atoms with E-state index >= 15 is 0 Å². The van der Waals surface area contributed by atoms with E-state index in [9.17, 15) is 4.79 Å². The van der Waals surface area contributed by atoms with Gasteiger partial charge in [0.05, 0.1) is 13.2 Å². The Morgan fingerprint density at radius 2 is 1.93 bits per heavy atom. The Hall–Kier alpha value is -2.76. The van der Waals surface area contributed by atoms with Crippen LogP contribution in [0.3, 0.4) is 0 Å². The van der Waals surface area contributed by atoms with Crippen LogP contribution in [0.5, 0.6) is 11.5 Å². The van der Waals surface area contributed by atoms with Gasteiger partial charge in [-0.2, -0.15) is 0 Å². The predicted octanol–water partition coefficient (Wildman–Crippen LogP) is 3.80. The number of nitrogens with one attached hydrogen (secondary N) is 1. The number of pyridine rings is 1. The molecule has 28 heavy (non-hydrogen) atoms. The highest BCUT2D eigenvalue weighted by Gasteiger charge is 2.13. The summed E-state index contributed by atoms with van der Waals surface area (Å²) in [5, 5.41) is 2.94. The van der Waals surface area contributed by atoms with Gasteiger partial charge in [-0.05, 0) is 62.9 Å². The summed E-state index contributed by atoms with van der Waals surface area (Å²) < 4.78 is 11.0. The molecule has 0 spiro atoms. The van der Waals surface area contributed by atoms with Crippen molar-refractivity contribution in [3.8, 4) is 11.5 Å². The molecule has 1 N–H and O–H groups in total. The van der Waals surface area contributed by atoms with Gasteiger partial charge in [0, 0.05) is 31.4 Å². The summed E-state index contributed by atoms with van der Waals surface area (Å²) in [6.07, 6.45) is 5.63. The van der Waals surface area contributed by atoms with Crippen LogP contribution in [-0.4, -0.2) is 37.2 Å². The van der Waals surface area contributed by atoms with Crippen molar-refractivity contribution in [1.29, 1.82) is 0 Å². The molecule has 1 saturated heterocycles. The minimum absolute atomic E-state index is 0.0361. The standard InChI is InChI=1S/C22H29N3O3/c1-16(2)28-19-9-8-18(13-20(19)27-3)22(26)24-15-17-7-10-21(23-14-17)25-11-5-4-6-12-25/h7-10,13-14,16H,4-6,11-12,15H2,1-3H3,(H,24,26). The predicted molar refractivity (Wildman–Crippen MR) is 110 cm³/mol. The molecule has 2 aromatic rings. The molecule has 6 heteroatoms. The molecule has 1 aliphatic rings. The minimum atomic E-state index is -0.158. The zero-order chi connectivity index (χ0) is 19.9. The highest BCUT2D eigenvalue weighted by Crippen LogP contribution is 2.29. The second kappa shape index (κ2) is 9.44. The Balaban J connectivity index is 1.59. The number of aromatic nitrogens is 1. The fourth-order valence-corrected chi connectivity index (χ4v) is 3.28. The van der Waals surface area contributed by atoms with E-state index in [1.165, 1.54) is 19.3 Å². The first-order chi connectivity index (χ1) is 13.6. The molecule has 150 valence electrons. The molecule has 0 aliphatic carbocycles. The van der Waals surface area contributed by atoms with Crippen molar-refractivity contribution in [2.24, 2.45) is 0 Å². The number of ether oxygens (including phenoxy) is 2. The molecule has 6 nitrogen and oxygen atoms in total. The normalized spacial score (nSPS) is 14.1. The lowest BCUT2D eigenvalue weighted by atomic mass is 10.1. The van der Waals surface area contributed by atoms with Crippen molar-refractivity contribution in [2.45, 2.75) is 45.8 Å². The Kier molecular flexibility index (Phi) is 6.74. The van der Waals surface area contributed by atoms with Gasteiger partial charge in [0.2, 0.25) is 0 Å². The summed E-state index contributed by atoms with van der Waals surface area (Å²) in [7, 11) is 1.57. The second-order valence-electron chi connectivity index (χ2n) is 7.29. The number of carbonyl (C=O) groups excluding carboxylic acids is 1. The van der Waals surface area contributed by atoms with E-state index in [0.29, 0.717) is 23.6 Å². The van der Waals surface area contributed by atoms with Crippen LogP contribution in [0.25, 0.3) is 0 Å². The monoisotopic (exact) mass is 383 g/mol. The third kappa shape index (κ3) is 5.15. The maximum Gasteiger partial charge on any atom is 0.251 e. The van der Waals surface area contributed by atoms with Crippen molar-refractivity contribution in [2.75, 3.05) is 25.1 Å². The maximum absolute atomic E-state index is 12.5. The molecule has 1 amide bonds. The number of hydrogen-bond acceptors (Lipinski definition) is 5. The van der Waals surface area contributed by atoms with Crippen molar-refractivity contribution in [1.82, 2.24) is 10.3 Å². The number of hydrogen-bond donors (Lipinski definition) is 1. The lowest BCUT2D eigenvalue weighted by molar-refractivity contribution is 0.0950. The summed E-state index contributed by atoms with van der Waals surface area (Å²) in [6.45, 7) is 6.47. The lowest BCUT2D eigenvalue weighted by Gasteiger charge is -2.27. The van der Waals surface area contributed by atoms with E-state index in [1.54, 1.807) is 25.3 Å². The largest absolute Gasteiger partial charge is 0.493 e. The Morgan fingerprint density at radius 1 is 1.14 bits per heavy atom. The first-order valence-electron chi connectivity index (χ1n) is 9.89. The van der Waals surface area contributed by atoms with E-state index in [4.69, 9.17) is 9.47 Å². The third-order valence-electron chi connectivity index (χ3n) is 4.73. The Morgan fingerprint density at radius 3 is 2.57 bits per heavy atom. The molecular weight excluding hydrogens is 354 g/mol. The van der Waals surface area contributed by atoms with Gasteiger partial charge < -0.3 is 19.7 Å². The fourth-order valence-electron chi connectivity index (χ4n) is 3.28. The number of piperidine rings is 1. The molecule has 1 aromatic carbocycles. The van der Waals surface area contributed by atoms with E-state index in [2.05, 4.69) is 15.2 Å². The van der Waals surface area contributed by atoms with Gasteiger partial charge in [-0.25, -0.2) is 4.98 Å². The van der Waals surface area contributed by atoms with Gasteiger partial charge in [-0.15, -0.1) is 0 Å². The molecule has 1 aromatic heterocycles. The van der Waals surface area contributed by atoms with Crippen LogP contribution in [0.15, 0.2) is 36.5 Å². The van der Waals surface area contributed by atoms with Gasteiger partial charge in [-0.3, -0.25) is 4.79 Å². The second-order valence-corrected chi connectivity index (χ2v) is 7.29. The highest BCUT2D eigenvalue weighted by molar-refractivity contribution is 5.94. The molecule has 1 aliphatic heterocycles. The zero-order valence-corrected chi connectivity index (χ0v) is 16.9. The SMILES string of the molecule is COc1cc(C(=O)NCc2ccc(N3CCCCC3)nc2)ccc1OC(C)C. The van der Waals surface area contributed by atoms with E-state index in [1.807, 2.05) is 32.2 Å². The summed E-state index contributed by atoms with van der Waals surface area (Å²) in [5.74, 6) is 2.04. The van der Waals surface area contributed by atoms with Crippen LogP contribution in [0.2, 0.25) is 0 Å². The van der Waals surface area contributed by atoms with Crippen LogP contribution >= 0.6 is 0 Å². The summed E-state index contributed by atoms with van der Waals surface area (Å²) in [4.78, 5) is 19.4. The van der Waals surface area contributed by atoms with Gasteiger partial charge in [0.15, 0.2) is 11.5 Å². The quantitative estimate of drug-likeness (QED) is 0.788. The fraction of sp³-hybridized carbons (Fsp3) is 0.455. The van der Waals surface area contributed by atoms with E-state index in [0.717, 1.165) is 24.5 Å². The first kappa shape index (κ1) is 20.0. The molecule has 0 saturated carbocycles. The number of methoxy groups -OCH3 is 1. The Bertz CT molecular complexity index is 784. The number of nitrogens with zero attached hydrogens (tertiary/aromatic N) is 2. The summed E-state index contributed by atoms with van der Waals surface area (Å²) >= 11 is 0. The summed E-state index contributed by atoms with van der Waals surface area (Å²) in [5.41, 5.74) is 1.51. The average molecular weight is 383 g/mol. The highest BCUT2D eigenvalue weighted by atomic mass is 16.5. The van der Waals surface area contributed by atoms with Crippen LogP contribution < -0.4 is 19.7 Å². The van der Waals surface area contributed by atoms with Gasteiger partial charge in [0.1, 0.15) is 5.82 Å². The minimum Gasteiger partial charge on any atom is -0.493 e. The van der Waals surface area contributed by atoms with Crippen molar-refractivity contribution < 1.29 is 14.3 Å². The molecule has 0 atom stereocenters.